The molecule has 0 spiro atoms. The highest BCUT2D eigenvalue weighted by molar-refractivity contribution is 5.77. The monoisotopic (exact) mass is 361 g/mol. The molecule has 1 aromatic rings. The van der Waals surface area contributed by atoms with E-state index in [1.165, 1.54) is 4.90 Å². The number of aromatic nitrogens is 3. The highest BCUT2D eigenvalue weighted by Crippen LogP contribution is 2.58. The standard InChI is InChI=1S/C19H28FN5O/c1-18(2)14(12-24-10-9-22-23-24)5-7-19(18,3)8-6-17(26)25-13-15(20)11-16(25)21-4/h9-10,14-16H,5-8,11-13H2,1-3H3/t14-,15-,16-,19+/m0/s1. The van der Waals surface area contributed by atoms with E-state index in [2.05, 4.69) is 35.9 Å². The van der Waals surface area contributed by atoms with Crippen LogP contribution in [0.4, 0.5) is 4.39 Å². The number of rotatable bonds is 5. The fraction of sp³-hybridized carbons (Fsp3) is 0.789. The second-order valence-electron chi connectivity index (χ2n) is 8.63. The van der Waals surface area contributed by atoms with Crippen molar-refractivity contribution in [2.45, 2.75) is 71.8 Å². The molecule has 142 valence electrons. The lowest BCUT2D eigenvalue weighted by Crippen LogP contribution is -2.38. The molecule has 1 saturated heterocycles. The average molecular weight is 361 g/mol. The minimum atomic E-state index is -1.07. The van der Waals surface area contributed by atoms with Gasteiger partial charge in [0.15, 0.2) is 0 Å². The highest BCUT2D eigenvalue weighted by atomic mass is 19.1. The molecule has 1 aromatic heterocycles. The molecule has 7 heteroatoms. The Kier molecular flexibility index (Phi) is 5.05. The second kappa shape index (κ2) is 6.98. The highest BCUT2D eigenvalue weighted by Gasteiger charge is 2.51. The van der Waals surface area contributed by atoms with Crippen LogP contribution in [-0.2, 0) is 11.3 Å². The summed E-state index contributed by atoms with van der Waals surface area (Å²) < 4.78 is 15.5. The van der Waals surface area contributed by atoms with Gasteiger partial charge in [-0.15, -0.1) is 5.10 Å². The van der Waals surface area contributed by atoms with Crippen molar-refractivity contribution >= 4 is 5.91 Å². The number of hydrogen-bond donors (Lipinski definition) is 0. The zero-order valence-electron chi connectivity index (χ0n) is 15.9. The van der Waals surface area contributed by atoms with Gasteiger partial charge in [0.2, 0.25) is 5.91 Å². The SMILES string of the molecule is [C-]#[N+][C@@H]1C[C@H](F)CN1C(=O)CC[C@@]1(C)CC[C@@H](Cn2ccnn2)C1(C)C. The average Bonchev–Trinajstić information content (AvgIpc) is 3.29. The molecule has 0 radical (unpaired) electrons. The zero-order valence-corrected chi connectivity index (χ0v) is 15.9. The van der Waals surface area contributed by atoms with Gasteiger partial charge in [-0.2, -0.15) is 0 Å². The zero-order chi connectivity index (χ0) is 18.9. The summed E-state index contributed by atoms with van der Waals surface area (Å²) in [4.78, 5) is 17.5. The molecule has 2 heterocycles. The van der Waals surface area contributed by atoms with Crippen molar-refractivity contribution in [2.75, 3.05) is 6.54 Å². The van der Waals surface area contributed by atoms with Gasteiger partial charge in [-0.1, -0.05) is 26.0 Å². The number of hydrogen-bond acceptors (Lipinski definition) is 3. The van der Waals surface area contributed by atoms with Crippen molar-refractivity contribution in [3.63, 3.8) is 0 Å². The van der Waals surface area contributed by atoms with E-state index in [4.69, 9.17) is 6.57 Å². The fourth-order valence-corrected chi connectivity index (χ4v) is 4.67. The fourth-order valence-electron chi connectivity index (χ4n) is 4.67. The van der Waals surface area contributed by atoms with Crippen LogP contribution in [0.3, 0.4) is 0 Å². The summed E-state index contributed by atoms with van der Waals surface area (Å²) in [6.45, 7) is 14.9. The van der Waals surface area contributed by atoms with Gasteiger partial charge in [-0.25, -0.2) is 11.0 Å². The molecule has 2 fully saturated rings. The summed E-state index contributed by atoms with van der Waals surface area (Å²) in [5.74, 6) is 0.394. The van der Waals surface area contributed by atoms with E-state index in [1.54, 1.807) is 6.20 Å². The quantitative estimate of drug-likeness (QED) is 0.756. The van der Waals surface area contributed by atoms with Crippen molar-refractivity contribution in [3.05, 3.63) is 23.8 Å². The first kappa shape index (κ1) is 18.8. The van der Waals surface area contributed by atoms with E-state index >= 15 is 0 Å². The molecule has 1 saturated carbocycles. The molecule has 6 nitrogen and oxygen atoms in total. The van der Waals surface area contributed by atoms with E-state index < -0.39 is 12.3 Å². The Balaban J connectivity index is 1.62. The molecule has 1 aliphatic carbocycles. The third-order valence-corrected chi connectivity index (χ3v) is 7.08. The lowest BCUT2D eigenvalue weighted by Gasteiger charge is -2.42. The molecule has 1 amide bonds. The Morgan fingerprint density at radius 2 is 2.19 bits per heavy atom. The molecule has 3 rings (SSSR count). The van der Waals surface area contributed by atoms with Crippen LogP contribution in [0.1, 0.15) is 52.9 Å². The van der Waals surface area contributed by atoms with Crippen molar-refractivity contribution in [1.82, 2.24) is 19.9 Å². The van der Waals surface area contributed by atoms with Gasteiger partial charge < -0.3 is 0 Å². The van der Waals surface area contributed by atoms with Crippen LogP contribution in [0, 0.1) is 23.3 Å². The first-order valence-electron chi connectivity index (χ1n) is 9.41. The van der Waals surface area contributed by atoms with Crippen molar-refractivity contribution in [3.8, 4) is 0 Å². The topological polar surface area (TPSA) is 55.4 Å². The third kappa shape index (κ3) is 3.34. The van der Waals surface area contributed by atoms with Crippen LogP contribution >= 0.6 is 0 Å². The minimum absolute atomic E-state index is 0.0380. The summed E-state index contributed by atoms with van der Waals surface area (Å²) in [5, 5.41) is 7.97. The van der Waals surface area contributed by atoms with E-state index in [-0.39, 0.29) is 29.7 Å². The lowest BCUT2D eigenvalue weighted by molar-refractivity contribution is -0.132. The summed E-state index contributed by atoms with van der Waals surface area (Å²) in [5.41, 5.74) is 0.0996. The Bertz CT molecular complexity index is 683. The number of halogens is 1. The first-order chi connectivity index (χ1) is 12.3. The molecule has 4 atom stereocenters. The normalized spacial score (nSPS) is 33.3. The Morgan fingerprint density at radius 3 is 2.85 bits per heavy atom. The molecule has 0 N–H and O–H groups in total. The molecule has 1 aliphatic heterocycles. The van der Waals surface area contributed by atoms with E-state index in [1.807, 2.05) is 10.9 Å². The smallest absolute Gasteiger partial charge is 0.289 e. The second-order valence-corrected chi connectivity index (χ2v) is 8.63. The van der Waals surface area contributed by atoms with E-state index in [0.717, 1.165) is 25.8 Å². The van der Waals surface area contributed by atoms with Gasteiger partial charge >= 0.3 is 6.17 Å². The van der Waals surface area contributed by atoms with Gasteiger partial charge in [-0.05, 0) is 36.0 Å². The van der Waals surface area contributed by atoms with Crippen LogP contribution in [0.5, 0.6) is 0 Å². The van der Waals surface area contributed by atoms with Crippen LogP contribution < -0.4 is 0 Å². The number of carbonyl (C=O) groups excluding carboxylic acids is 1. The Hall–Kier alpha value is -1.97. The number of alkyl halides is 1. The summed E-state index contributed by atoms with van der Waals surface area (Å²) >= 11 is 0. The van der Waals surface area contributed by atoms with Crippen LogP contribution in [0.25, 0.3) is 4.85 Å². The van der Waals surface area contributed by atoms with Gasteiger partial charge in [0.25, 0.3) is 0 Å². The maximum atomic E-state index is 13.6. The Labute approximate surface area is 154 Å². The van der Waals surface area contributed by atoms with Crippen molar-refractivity contribution in [2.24, 2.45) is 16.7 Å². The maximum absolute atomic E-state index is 13.6. The number of likely N-dealkylation sites (tertiary alicyclic amines) is 1. The maximum Gasteiger partial charge on any atom is 0.303 e. The number of nitrogens with zero attached hydrogens (tertiary/aromatic N) is 5. The molecular formula is C19H28FN5O. The largest absolute Gasteiger partial charge is 0.303 e. The minimum Gasteiger partial charge on any atom is -0.289 e. The number of carbonyl (C=O) groups is 1. The predicted octanol–water partition coefficient (Wildman–Crippen LogP) is 3.32. The van der Waals surface area contributed by atoms with E-state index in [9.17, 15) is 9.18 Å². The molecule has 0 bridgehead atoms. The summed E-state index contributed by atoms with van der Waals surface area (Å²) in [6, 6.07) is 0. The predicted molar refractivity (Wildman–Crippen MR) is 95.5 cm³/mol. The van der Waals surface area contributed by atoms with Gasteiger partial charge in [0.05, 0.1) is 19.2 Å². The Morgan fingerprint density at radius 1 is 1.42 bits per heavy atom. The van der Waals surface area contributed by atoms with Crippen molar-refractivity contribution in [1.29, 1.82) is 0 Å². The number of amides is 1. The van der Waals surface area contributed by atoms with Crippen LogP contribution in [-0.4, -0.2) is 44.7 Å². The summed E-state index contributed by atoms with van der Waals surface area (Å²) in [7, 11) is 0. The summed E-state index contributed by atoms with van der Waals surface area (Å²) in [6.07, 6.45) is 5.36. The molecule has 0 unspecified atom stereocenters. The molecule has 2 aliphatic rings. The first-order valence-corrected chi connectivity index (χ1v) is 9.41. The van der Waals surface area contributed by atoms with Crippen LogP contribution in [0.2, 0.25) is 0 Å². The molecule has 0 aromatic carbocycles. The third-order valence-electron chi connectivity index (χ3n) is 7.08. The van der Waals surface area contributed by atoms with E-state index in [0.29, 0.717) is 12.3 Å². The van der Waals surface area contributed by atoms with Crippen LogP contribution in [0.15, 0.2) is 12.4 Å². The van der Waals surface area contributed by atoms with Gasteiger partial charge in [-0.3, -0.25) is 19.2 Å². The molecular weight excluding hydrogens is 333 g/mol. The molecule has 26 heavy (non-hydrogen) atoms. The van der Waals surface area contributed by atoms with Gasteiger partial charge in [0, 0.05) is 19.2 Å². The van der Waals surface area contributed by atoms with Crippen molar-refractivity contribution < 1.29 is 9.18 Å². The lowest BCUT2D eigenvalue weighted by atomic mass is 9.63. The van der Waals surface area contributed by atoms with Gasteiger partial charge in [0.1, 0.15) is 6.17 Å².